The van der Waals surface area contributed by atoms with Crippen LogP contribution in [0.3, 0.4) is 0 Å². The number of nitrogens with zero attached hydrogens (tertiary/aromatic N) is 1. The summed E-state index contributed by atoms with van der Waals surface area (Å²) in [6.45, 7) is 5.01. The van der Waals surface area contributed by atoms with Crippen molar-refractivity contribution < 1.29 is 8.42 Å². The summed E-state index contributed by atoms with van der Waals surface area (Å²) in [6.07, 6.45) is 4.09. The standard InChI is InChI=1S/C15H23BrN2O2S/c1-2-8-17-12-13-6-7-14(16)15(11-13)21(19,20)18-9-4-3-5-10-18/h6-7,11,17H,2-5,8-10,12H2,1H3. The zero-order valence-electron chi connectivity index (χ0n) is 12.4. The lowest BCUT2D eigenvalue weighted by molar-refractivity contribution is 0.346. The van der Waals surface area contributed by atoms with Crippen molar-refractivity contribution in [1.29, 1.82) is 0 Å². The van der Waals surface area contributed by atoms with Crippen molar-refractivity contribution in [2.45, 2.75) is 44.0 Å². The Morgan fingerprint density at radius 2 is 1.95 bits per heavy atom. The third-order valence-electron chi connectivity index (χ3n) is 3.68. The van der Waals surface area contributed by atoms with Crippen molar-refractivity contribution in [1.82, 2.24) is 9.62 Å². The summed E-state index contributed by atoms with van der Waals surface area (Å²) >= 11 is 3.39. The predicted molar refractivity (Wildman–Crippen MR) is 88.7 cm³/mol. The van der Waals surface area contributed by atoms with Gasteiger partial charge < -0.3 is 5.32 Å². The molecule has 2 rings (SSSR count). The van der Waals surface area contributed by atoms with E-state index in [2.05, 4.69) is 28.2 Å². The smallest absolute Gasteiger partial charge is 0.244 e. The highest BCUT2D eigenvalue weighted by molar-refractivity contribution is 9.10. The van der Waals surface area contributed by atoms with Crippen molar-refractivity contribution in [3.63, 3.8) is 0 Å². The molecule has 0 radical (unpaired) electrons. The van der Waals surface area contributed by atoms with Crippen LogP contribution in [0.2, 0.25) is 0 Å². The molecule has 0 saturated carbocycles. The van der Waals surface area contributed by atoms with E-state index in [1.54, 1.807) is 10.4 Å². The van der Waals surface area contributed by atoms with Crippen LogP contribution in [0.25, 0.3) is 0 Å². The Labute approximate surface area is 136 Å². The van der Waals surface area contributed by atoms with Gasteiger partial charge in [0.25, 0.3) is 0 Å². The van der Waals surface area contributed by atoms with E-state index in [-0.39, 0.29) is 0 Å². The molecule has 1 saturated heterocycles. The zero-order valence-corrected chi connectivity index (χ0v) is 14.8. The first-order chi connectivity index (χ1) is 10.1. The number of hydrogen-bond donors (Lipinski definition) is 1. The molecule has 4 nitrogen and oxygen atoms in total. The minimum atomic E-state index is -3.39. The second-order valence-corrected chi connectivity index (χ2v) is 8.17. The summed E-state index contributed by atoms with van der Waals surface area (Å²) in [6, 6.07) is 5.58. The Hall–Kier alpha value is -0.430. The topological polar surface area (TPSA) is 49.4 Å². The molecule has 1 aliphatic rings. The number of rotatable bonds is 6. The van der Waals surface area contributed by atoms with E-state index in [0.717, 1.165) is 37.8 Å². The van der Waals surface area contributed by atoms with Gasteiger partial charge in [-0.1, -0.05) is 19.4 Å². The fraction of sp³-hybridized carbons (Fsp3) is 0.600. The minimum absolute atomic E-state index is 0.389. The van der Waals surface area contributed by atoms with Crippen LogP contribution in [0.4, 0.5) is 0 Å². The molecule has 1 aromatic carbocycles. The highest BCUT2D eigenvalue weighted by Gasteiger charge is 2.27. The molecule has 1 N–H and O–H groups in total. The molecule has 6 heteroatoms. The Kier molecular flexibility index (Phi) is 6.22. The van der Waals surface area contributed by atoms with E-state index < -0.39 is 10.0 Å². The number of hydrogen-bond acceptors (Lipinski definition) is 3. The number of benzene rings is 1. The summed E-state index contributed by atoms with van der Waals surface area (Å²) in [5, 5.41) is 3.31. The van der Waals surface area contributed by atoms with E-state index in [0.29, 0.717) is 29.0 Å². The number of nitrogens with one attached hydrogen (secondary N) is 1. The van der Waals surface area contributed by atoms with Gasteiger partial charge in [-0.15, -0.1) is 0 Å². The molecule has 0 unspecified atom stereocenters. The van der Waals surface area contributed by atoms with Crippen LogP contribution in [0.5, 0.6) is 0 Å². The fourth-order valence-electron chi connectivity index (χ4n) is 2.51. The Bertz CT molecular complexity index is 569. The van der Waals surface area contributed by atoms with Gasteiger partial charge in [0.1, 0.15) is 0 Å². The molecule has 0 aromatic heterocycles. The van der Waals surface area contributed by atoms with E-state index >= 15 is 0 Å². The molecule has 1 aliphatic heterocycles. The van der Waals surface area contributed by atoms with Gasteiger partial charge in [-0.05, 0) is 59.4 Å². The minimum Gasteiger partial charge on any atom is -0.313 e. The van der Waals surface area contributed by atoms with Gasteiger partial charge in [-0.25, -0.2) is 8.42 Å². The molecule has 1 heterocycles. The van der Waals surface area contributed by atoms with Crippen molar-refractivity contribution >= 4 is 26.0 Å². The van der Waals surface area contributed by atoms with Crippen molar-refractivity contribution in [3.8, 4) is 0 Å². The first-order valence-electron chi connectivity index (χ1n) is 7.55. The maximum absolute atomic E-state index is 12.8. The average Bonchev–Trinajstić information content (AvgIpc) is 2.50. The van der Waals surface area contributed by atoms with E-state index in [1.165, 1.54) is 0 Å². The molecule has 0 spiro atoms. The van der Waals surface area contributed by atoms with Gasteiger partial charge in [-0.3, -0.25) is 0 Å². The maximum Gasteiger partial charge on any atom is 0.244 e. The lowest BCUT2D eigenvalue weighted by Gasteiger charge is -2.26. The molecule has 21 heavy (non-hydrogen) atoms. The molecule has 0 amide bonds. The maximum atomic E-state index is 12.8. The summed E-state index contributed by atoms with van der Waals surface area (Å²) in [5.74, 6) is 0. The third-order valence-corrected chi connectivity index (χ3v) is 6.58. The van der Waals surface area contributed by atoms with Gasteiger partial charge in [0.2, 0.25) is 10.0 Å². The fourth-order valence-corrected chi connectivity index (χ4v) is 5.00. The summed E-state index contributed by atoms with van der Waals surface area (Å²) < 4.78 is 27.8. The highest BCUT2D eigenvalue weighted by Crippen LogP contribution is 2.28. The first kappa shape index (κ1) is 16.9. The first-order valence-corrected chi connectivity index (χ1v) is 9.78. The number of sulfonamides is 1. The van der Waals surface area contributed by atoms with E-state index in [4.69, 9.17) is 0 Å². The molecule has 0 bridgehead atoms. The molecular weight excluding hydrogens is 352 g/mol. The molecule has 118 valence electrons. The molecule has 0 aliphatic carbocycles. The number of piperidine rings is 1. The van der Waals surface area contributed by atoms with Gasteiger partial charge in [0, 0.05) is 24.1 Å². The quantitative estimate of drug-likeness (QED) is 0.778. The monoisotopic (exact) mass is 374 g/mol. The SMILES string of the molecule is CCCNCc1ccc(Br)c(S(=O)(=O)N2CCCCC2)c1. The summed E-state index contributed by atoms with van der Waals surface area (Å²) in [7, 11) is -3.39. The molecule has 1 aromatic rings. The lowest BCUT2D eigenvalue weighted by Crippen LogP contribution is -2.35. The Morgan fingerprint density at radius 1 is 1.24 bits per heavy atom. The summed E-state index contributed by atoms with van der Waals surface area (Å²) in [4.78, 5) is 0.389. The highest BCUT2D eigenvalue weighted by atomic mass is 79.9. The zero-order chi connectivity index (χ0) is 15.3. The van der Waals surface area contributed by atoms with Crippen LogP contribution in [-0.2, 0) is 16.6 Å². The predicted octanol–water partition coefficient (Wildman–Crippen LogP) is 3.12. The molecule has 0 atom stereocenters. The van der Waals surface area contributed by atoms with Crippen molar-refractivity contribution in [2.75, 3.05) is 19.6 Å². The Balaban J connectivity index is 2.22. The van der Waals surface area contributed by atoms with Crippen LogP contribution in [0, 0.1) is 0 Å². The van der Waals surface area contributed by atoms with Crippen LogP contribution in [0.1, 0.15) is 38.2 Å². The summed E-state index contributed by atoms with van der Waals surface area (Å²) in [5.41, 5.74) is 1.00. The lowest BCUT2D eigenvalue weighted by atomic mass is 10.2. The largest absolute Gasteiger partial charge is 0.313 e. The van der Waals surface area contributed by atoms with Crippen molar-refractivity contribution in [2.24, 2.45) is 0 Å². The second kappa shape index (κ2) is 7.72. The Morgan fingerprint density at radius 3 is 2.62 bits per heavy atom. The van der Waals surface area contributed by atoms with Crippen LogP contribution in [0.15, 0.2) is 27.6 Å². The van der Waals surface area contributed by atoms with Gasteiger partial charge in [0.05, 0.1) is 4.90 Å². The van der Waals surface area contributed by atoms with Crippen molar-refractivity contribution in [3.05, 3.63) is 28.2 Å². The van der Waals surface area contributed by atoms with Crippen LogP contribution in [-0.4, -0.2) is 32.4 Å². The molecular formula is C15H23BrN2O2S. The van der Waals surface area contributed by atoms with Crippen LogP contribution < -0.4 is 5.32 Å². The van der Waals surface area contributed by atoms with E-state index in [1.807, 2.05) is 12.1 Å². The molecule has 1 fully saturated rings. The van der Waals surface area contributed by atoms with Gasteiger partial charge >= 0.3 is 0 Å². The van der Waals surface area contributed by atoms with Gasteiger partial charge in [0.15, 0.2) is 0 Å². The van der Waals surface area contributed by atoms with Crippen LogP contribution >= 0.6 is 15.9 Å². The second-order valence-electron chi connectivity index (χ2n) is 5.41. The van der Waals surface area contributed by atoms with E-state index in [9.17, 15) is 8.42 Å². The normalized spacial score (nSPS) is 17.0. The average molecular weight is 375 g/mol. The van der Waals surface area contributed by atoms with Gasteiger partial charge in [-0.2, -0.15) is 4.31 Å². The third kappa shape index (κ3) is 4.28. The number of halogens is 1.